The minimum atomic E-state index is -0.300. The van der Waals surface area contributed by atoms with E-state index in [1.54, 1.807) is 4.68 Å². The van der Waals surface area contributed by atoms with Crippen LogP contribution in [0.4, 0.5) is 0 Å². The SMILES string of the molecule is COC(=O)C1Cc2ccccc2CN1Cc1c(C)nn(C)c1Cl. The first-order valence-corrected chi connectivity index (χ1v) is 7.95. The average molecular weight is 334 g/mol. The van der Waals surface area contributed by atoms with E-state index in [1.165, 1.54) is 18.2 Å². The molecule has 0 saturated heterocycles. The van der Waals surface area contributed by atoms with Crippen LogP contribution in [-0.4, -0.2) is 33.8 Å². The predicted molar refractivity (Wildman–Crippen MR) is 88.2 cm³/mol. The van der Waals surface area contributed by atoms with Gasteiger partial charge in [-0.15, -0.1) is 0 Å². The van der Waals surface area contributed by atoms with Crippen LogP contribution in [0.25, 0.3) is 0 Å². The molecule has 0 saturated carbocycles. The minimum absolute atomic E-state index is 0.211. The molecule has 0 spiro atoms. The third kappa shape index (κ3) is 2.99. The van der Waals surface area contributed by atoms with Gasteiger partial charge >= 0.3 is 5.97 Å². The number of hydrogen-bond acceptors (Lipinski definition) is 4. The molecule has 122 valence electrons. The highest BCUT2D eigenvalue weighted by Crippen LogP contribution is 2.28. The highest BCUT2D eigenvalue weighted by Gasteiger charge is 2.33. The molecule has 3 rings (SSSR count). The highest BCUT2D eigenvalue weighted by atomic mass is 35.5. The molecule has 0 aliphatic carbocycles. The number of aromatic nitrogens is 2. The summed E-state index contributed by atoms with van der Waals surface area (Å²) in [4.78, 5) is 14.3. The average Bonchev–Trinajstić information content (AvgIpc) is 2.79. The molecule has 0 N–H and O–H groups in total. The summed E-state index contributed by atoms with van der Waals surface area (Å²) >= 11 is 6.35. The summed E-state index contributed by atoms with van der Waals surface area (Å²) < 4.78 is 6.67. The third-order valence-electron chi connectivity index (χ3n) is 4.45. The van der Waals surface area contributed by atoms with Crippen LogP contribution in [-0.2, 0) is 36.1 Å². The number of hydrogen-bond donors (Lipinski definition) is 0. The van der Waals surface area contributed by atoms with Gasteiger partial charge in [-0.1, -0.05) is 35.9 Å². The van der Waals surface area contributed by atoms with Gasteiger partial charge < -0.3 is 4.74 Å². The van der Waals surface area contributed by atoms with Crippen molar-refractivity contribution in [1.29, 1.82) is 0 Å². The molecule has 2 aromatic rings. The van der Waals surface area contributed by atoms with E-state index in [0.29, 0.717) is 24.7 Å². The van der Waals surface area contributed by atoms with E-state index in [0.717, 1.165) is 11.3 Å². The Morgan fingerprint density at radius 2 is 2.09 bits per heavy atom. The Balaban J connectivity index is 1.93. The van der Waals surface area contributed by atoms with Gasteiger partial charge in [-0.3, -0.25) is 14.4 Å². The summed E-state index contributed by atoms with van der Waals surface area (Å²) in [5.74, 6) is -0.211. The van der Waals surface area contributed by atoms with Crippen molar-refractivity contribution >= 4 is 17.6 Å². The number of carbonyl (C=O) groups is 1. The lowest BCUT2D eigenvalue weighted by atomic mass is 9.93. The summed E-state index contributed by atoms with van der Waals surface area (Å²) in [6.07, 6.45) is 0.653. The second kappa shape index (κ2) is 6.34. The summed E-state index contributed by atoms with van der Waals surface area (Å²) in [7, 11) is 3.26. The Bertz CT molecular complexity index is 741. The lowest BCUT2D eigenvalue weighted by molar-refractivity contribution is -0.148. The Kier molecular flexibility index (Phi) is 4.41. The van der Waals surface area contributed by atoms with Crippen LogP contribution in [0.3, 0.4) is 0 Å². The Labute approximate surface area is 140 Å². The number of esters is 1. The molecule has 1 aliphatic heterocycles. The van der Waals surface area contributed by atoms with Gasteiger partial charge in [0.1, 0.15) is 11.2 Å². The van der Waals surface area contributed by atoms with Gasteiger partial charge in [0.2, 0.25) is 0 Å². The number of rotatable bonds is 3. The second-order valence-electron chi connectivity index (χ2n) is 5.90. The topological polar surface area (TPSA) is 47.4 Å². The largest absolute Gasteiger partial charge is 0.468 e. The van der Waals surface area contributed by atoms with Gasteiger partial charge in [-0.05, 0) is 24.5 Å². The van der Waals surface area contributed by atoms with Crippen molar-refractivity contribution in [3.8, 4) is 0 Å². The molecule has 0 amide bonds. The summed E-state index contributed by atoms with van der Waals surface area (Å²) in [6, 6.07) is 7.91. The molecular formula is C17H20ClN3O2. The highest BCUT2D eigenvalue weighted by molar-refractivity contribution is 6.30. The van der Waals surface area contributed by atoms with Crippen LogP contribution in [0.15, 0.2) is 24.3 Å². The molecule has 1 aromatic heterocycles. The smallest absolute Gasteiger partial charge is 0.323 e. The van der Waals surface area contributed by atoms with Gasteiger partial charge in [0.05, 0.1) is 12.8 Å². The first kappa shape index (κ1) is 16.0. The quantitative estimate of drug-likeness (QED) is 0.810. The van der Waals surface area contributed by atoms with Gasteiger partial charge in [0, 0.05) is 25.7 Å². The van der Waals surface area contributed by atoms with E-state index in [4.69, 9.17) is 16.3 Å². The molecule has 1 atom stereocenters. The van der Waals surface area contributed by atoms with Crippen molar-refractivity contribution < 1.29 is 9.53 Å². The zero-order valence-corrected chi connectivity index (χ0v) is 14.3. The number of aryl methyl sites for hydroxylation is 2. The van der Waals surface area contributed by atoms with E-state index in [9.17, 15) is 4.79 Å². The van der Waals surface area contributed by atoms with Crippen LogP contribution in [0.5, 0.6) is 0 Å². The second-order valence-corrected chi connectivity index (χ2v) is 6.25. The number of ether oxygens (including phenoxy) is 1. The maximum atomic E-state index is 12.2. The van der Waals surface area contributed by atoms with Crippen molar-refractivity contribution in [1.82, 2.24) is 14.7 Å². The molecular weight excluding hydrogens is 314 g/mol. The molecule has 0 radical (unpaired) electrons. The molecule has 6 heteroatoms. The Hall–Kier alpha value is -1.85. The van der Waals surface area contributed by atoms with E-state index >= 15 is 0 Å². The lowest BCUT2D eigenvalue weighted by Crippen LogP contribution is -2.45. The molecule has 23 heavy (non-hydrogen) atoms. The molecule has 2 heterocycles. The zero-order valence-electron chi connectivity index (χ0n) is 13.5. The fourth-order valence-corrected chi connectivity index (χ4v) is 3.40. The van der Waals surface area contributed by atoms with Crippen LogP contribution in [0.2, 0.25) is 5.15 Å². The van der Waals surface area contributed by atoms with Gasteiger partial charge in [0.15, 0.2) is 0 Å². The Morgan fingerprint density at radius 1 is 1.39 bits per heavy atom. The molecule has 0 fully saturated rings. The number of fused-ring (bicyclic) bond motifs is 1. The third-order valence-corrected chi connectivity index (χ3v) is 4.92. The normalized spacial score (nSPS) is 17.8. The standard InChI is InChI=1S/C17H20ClN3O2/c1-11-14(16(18)20(2)19-11)10-21-9-13-7-5-4-6-12(13)8-15(21)17(22)23-3/h4-7,15H,8-10H2,1-3H3. The molecule has 1 aromatic carbocycles. The van der Waals surface area contributed by atoms with E-state index in [2.05, 4.69) is 22.1 Å². The number of carbonyl (C=O) groups excluding carboxylic acids is 1. The predicted octanol–water partition coefficient (Wildman–Crippen LogP) is 2.48. The summed E-state index contributed by atoms with van der Waals surface area (Å²) in [6.45, 7) is 3.21. The van der Waals surface area contributed by atoms with Crippen LogP contribution in [0.1, 0.15) is 22.4 Å². The molecule has 5 nitrogen and oxygen atoms in total. The van der Waals surface area contributed by atoms with Gasteiger partial charge in [-0.25, -0.2) is 0 Å². The zero-order chi connectivity index (χ0) is 16.6. The van der Waals surface area contributed by atoms with Gasteiger partial charge in [0.25, 0.3) is 0 Å². The van der Waals surface area contributed by atoms with Crippen molar-refractivity contribution in [2.45, 2.75) is 32.5 Å². The molecule has 1 unspecified atom stereocenters. The van der Waals surface area contributed by atoms with Crippen LogP contribution < -0.4 is 0 Å². The summed E-state index contributed by atoms with van der Waals surface area (Å²) in [5, 5.41) is 4.97. The van der Waals surface area contributed by atoms with Crippen molar-refractivity contribution in [3.05, 3.63) is 51.8 Å². The van der Waals surface area contributed by atoms with Crippen molar-refractivity contribution in [3.63, 3.8) is 0 Å². The maximum absolute atomic E-state index is 12.2. The van der Waals surface area contributed by atoms with Crippen molar-refractivity contribution in [2.75, 3.05) is 7.11 Å². The van der Waals surface area contributed by atoms with Crippen LogP contribution >= 0.6 is 11.6 Å². The first-order valence-electron chi connectivity index (χ1n) is 7.58. The molecule has 1 aliphatic rings. The maximum Gasteiger partial charge on any atom is 0.323 e. The number of halogens is 1. The fourth-order valence-electron chi connectivity index (χ4n) is 3.17. The summed E-state index contributed by atoms with van der Waals surface area (Å²) in [5.41, 5.74) is 4.29. The van der Waals surface area contributed by atoms with Crippen LogP contribution in [0, 0.1) is 6.92 Å². The van der Waals surface area contributed by atoms with Gasteiger partial charge in [-0.2, -0.15) is 5.10 Å². The fraction of sp³-hybridized carbons (Fsp3) is 0.412. The molecule has 0 bridgehead atoms. The van der Waals surface area contributed by atoms with Crippen molar-refractivity contribution in [2.24, 2.45) is 7.05 Å². The lowest BCUT2D eigenvalue weighted by Gasteiger charge is -2.35. The number of methoxy groups -OCH3 is 1. The number of nitrogens with zero attached hydrogens (tertiary/aromatic N) is 3. The minimum Gasteiger partial charge on any atom is -0.468 e. The monoisotopic (exact) mass is 333 g/mol. The Morgan fingerprint density at radius 3 is 2.70 bits per heavy atom. The number of benzene rings is 1. The van der Waals surface area contributed by atoms with E-state index in [-0.39, 0.29) is 12.0 Å². The van der Waals surface area contributed by atoms with E-state index < -0.39 is 0 Å². The van der Waals surface area contributed by atoms with E-state index in [1.807, 2.05) is 26.1 Å². The first-order chi connectivity index (χ1) is 11.0.